The summed E-state index contributed by atoms with van der Waals surface area (Å²) in [6.45, 7) is 3.44. The zero-order valence-electron chi connectivity index (χ0n) is 12.7. The molecule has 116 valence electrons. The Kier molecular flexibility index (Phi) is 6.15. The van der Waals surface area contributed by atoms with Crippen LogP contribution in [-0.4, -0.2) is 51.4 Å². The number of hydrogen-bond donors (Lipinski definition) is 1. The van der Waals surface area contributed by atoms with Gasteiger partial charge in [-0.15, -0.1) is 0 Å². The Morgan fingerprint density at radius 1 is 1.29 bits per heavy atom. The summed E-state index contributed by atoms with van der Waals surface area (Å²) >= 11 is 0. The fourth-order valence-electron chi connectivity index (χ4n) is 2.00. The lowest BCUT2D eigenvalue weighted by Gasteiger charge is -2.22. The molecule has 0 atom stereocenters. The minimum atomic E-state index is -3.62. The molecule has 7 heteroatoms. The quantitative estimate of drug-likeness (QED) is 0.762. The summed E-state index contributed by atoms with van der Waals surface area (Å²) in [4.78, 5) is 2.07. The molecule has 0 aliphatic heterocycles. The highest BCUT2D eigenvalue weighted by Gasteiger charge is 2.25. The third-order valence-electron chi connectivity index (χ3n) is 3.12. The van der Waals surface area contributed by atoms with Gasteiger partial charge in [0.25, 0.3) is 0 Å². The highest BCUT2D eigenvalue weighted by molar-refractivity contribution is 7.89. The Labute approximate surface area is 126 Å². The maximum atomic E-state index is 12.6. The monoisotopic (exact) mass is 310 g/mol. The number of nitrogen functional groups attached to an aromatic ring is 1. The van der Waals surface area contributed by atoms with Gasteiger partial charge in [-0.05, 0) is 45.3 Å². The van der Waals surface area contributed by atoms with Crippen LogP contribution in [-0.2, 0) is 10.0 Å². The van der Waals surface area contributed by atoms with E-state index in [9.17, 15) is 8.42 Å². The number of hydrogen-bond acceptors (Lipinski definition) is 5. The first kappa shape index (κ1) is 17.4. The van der Waals surface area contributed by atoms with Crippen molar-refractivity contribution in [3.8, 4) is 6.07 Å². The molecule has 6 nitrogen and oxygen atoms in total. The van der Waals surface area contributed by atoms with Crippen LogP contribution in [0.2, 0.25) is 0 Å². The standard InChI is InChI=1S/C14H22N4O2S/c1-4-18(9-5-8-17(2)3)21(19,20)14-7-6-12(11-15)10-13(14)16/h6-7,10H,4-5,8-9,16H2,1-3H3. The summed E-state index contributed by atoms with van der Waals surface area (Å²) in [5, 5.41) is 8.81. The van der Waals surface area contributed by atoms with E-state index < -0.39 is 10.0 Å². The number of nitrogens with zero attached hydrogens (tertiary/aromatic N) is 3. The molecule has 1 aromatic rings. The van der Waals surface area contributed by atoms with Gasteiger partial charge in [-0.25, -0.2) is 8.42 Å². The Hall–Kier alpha value is -1.62. The minimum Gasteiger partial charge on any atom is -0.398 e. The van der Waals surface area contributed by atoms with Gasteiger partial charge in [-0.2, -0.15) is 9.57 Å². The van der Waals surface area contributed by atoms with Gasteiger partial charge in [0.2, 0.25) is 10.0 Å². The van der Waals surface area contributed by atoms with Gasteiger partial charge >= 0.3 is 0 Å². The van der Waals surface area contributed by atoms with Gasteiger partial charge < -0.3 is 10.6 Å². The van der Waals surface area contributed by atoms with Gasteiger partial charge in [0.05, 0.1) is 17.3 Å². The molecule has 0 aliphatic rings. The van der Waals surface area contributed by atoms with Crippen molar-refractivity contribution >= 4 is 15.7 Å². The van der Waals surface area contributed by atoms with Crippen LogP contribution in [0.25, 0.3) is 0 Å². The molecular weight excluding hydrogens is 288 g/mol. The normalized spacial score (nSPS) is 11.8. The fraction of sp³-hybridized carbons (Fsp3) is 0.500. The average Bonchev–Trinajstić information content (AvgIpc) is 2.42. The number of rotatable bonds is 7. The van der Waals surface area contributed by atoms with Gasteiger partial charge in [0, 0.05) is 13.1 Å². The molecule has 0 unspecified atom stereocenters. The van der Waals surface area contributed by atoms with Crippen molar-refractivity contribution in [2.24, 2.45) is 0 Å². The summed E-state index contributed by atoms with van der Waals surface area (Å²) in [6.07, 6.45) is 0.746. The van der Waals surface area contributed by atoms with Crippen LogP contribution < -0.4 is 5.73 Å². The second kappa shape index (κ2) is 7.41. The van der Waals surface area contributed by atoms with Gasteiger partial charge in [-0.1, -0.05) is 6.92 Å². The molecule has 0 aromatic heterocycles. The maximum absolute atomic E-state index is 12.6. The first-order valence-electron chi connectivity index (χ1n) is 6.77. The van der Waals surface area contributed by atoms with Crippen molar-refractivity contribution in [2.45, 2.75) is 18.2 Å². The highest BCUT2D eigenvalue weighted by Crippen LogP contribution is 2.23. The van der Waals surface area contributed by atoms with Crippen LogP contribution in [0.15, 0.2) is 23.1 Å². The molecule has 0 aliphatic carbocycles. The maximum Gasteiger partial charge on any atom is 0.245 e. The molecule has 0 radical (unpaired) electrons. The molecule has 0 spiro atoms. The molecule has 0 bridgehead atoms. The third-order valence-corrected chi connectivity index (χ3v) is 5.17. The smallest absolute Gasteiger partial charge is 0.245 e. The summed E-state index contributed by atoms with van der Waals surface area (Å²) in [5.41, 5.74) is 6.25. The van der Waals surface area contributed by atoms with Gasteiger partial charge in [0.1, 0.15) is 4.90 Å². The number of nitriles is 1. The number of nitrogens with two attached hydrogens (primary N) is 1. The Morgan fingerprint density at radius 2 is 1.95 bits per heavy atom. The van der Waals surface area contributed by atoms with Crippen LogP contribution in [0.4, 0.5) is 5.69 Å². The third kappa shape index (κ3) is 4.43. The van der Waals surface area contributed by atoms with E-state index in [4.69, 9.17) is 11.0 Å². The van der Waals surface area contributed by atoms with Crippen molar-refractivity contribution in [2.75, 3.05) is 39.5 Å². The molecule has 0 fully saturated rings. The lowest BCUT2D eigenvalue weighted by molar-refractivity contribution is 0.356. The first-order chi connectivity index (χ1) is 9.82. The average molecular weight is 310 g/mol. The highest BCUT2D eigenvalue weighted by atomic mass is 32.2. The molecule has 0 saturated carbocycles. The predicted octanol–water partition coefficient (Wildman–Crippen LogP) is 1.10. The van der Waals surface area contributed by atoms with E-state index in [1.165, 1.54) is 22.5 Å². The molecule has 0 amide bonds. The molecule has 1 rings (SSSR count). The van der Waals surface area contributed by atoms with Crippen LogP contribution in [0.3, 0.4) is 0 Å². The van der Waals surface area contributed by atoms with Crippen molar-refractivity contribution in [1.29, 1.82) is 5.26 Å². The van der Waals surface area contributed by atoms with E-state index >= 15 is 0 Å². The molecule has 0 heterocycles. The number of sulfonamides is 1. The first-order valence-corrected chi connectivity index (χ1v) is 8.21. The number of anilines is 1. The predicted molar refractivity (Wildman–Crippen MR) is 83.2 cm³/mol. The molecule has 2 N–H and O–H groups in total. The van der Waals surface area contributed by atoms with E-state index in [0.717, 1.165) is 13.0 Å². The molecular formula is C14H22N4O2S. The summed E-state index contributed by atoms with van der Waals surface area (Å²) < 4.78 is 26.6. The summed E-state index contributed by atoms with van der Waals surface area (Å²) in [7, 11) is 0.271. The van der Waals surface area contributed by atoms with Crippen molar-refractivity contribution in [1.82, 2.24) is 9.21 Å². The molecule has 1 aromatic carbocycles. The van der Waals surface area contributed by atoms with E-state index in [0.29, 0.717) is 18.7 Å². The van der Waals surface area contributed by atoms with E-state index in [1.54, 1.807) is 6.92 Å². The van der Waals surface area contributed by atoms with Crippen molar-refractivity contribution in [3.63, 3.8) is 0 Å². The molecule has 0 saturated heterocycles. The zero-order chi connectivity index (χ0) is 16.0. The topological polar surface area (TPSA) is 90.4 Å². The van der Waals surface area contributed by atoms with Crippen LogP contribution in [0, 0.1) is 11.3 Å². The largest absolute Gasteiger partial charge is 0.398 e. The summed E-state index contributed by atoms with van der Waals surface area (Å²) in [6, 6.07) is 6.20. The summed E-state index contributed by atoms with van der Waals surface area (Å²) in [5.74, 6) is 0. The van der Waals surface area contributed by atoms with Crippen molar-refractivity contribution < 1.29 is 8.42 Å². The van der Waals surface area contributed by atoms with Gasteiger partial charge in [0.15, 0.2) is 0 Å². The lowest BCUT2D eigenvalue weighted by atomic mass is 10.2. The van der Waals surface area contributed by atoms with Crippen LogP contribution in [0.1, 0.15) is 18.9 Å². The Balaban J connectivity index is 2.99. The second-order valence-electron chi connectivity index (χ2n) is 5.02. The van der Waals surface area contributed by atoms with E-state index in [1.807, 2.05) is 25.1 Å². The number of benzene rings is 1. The van der Waals surface area contributed by atoms with Gasteiger partial charge in [-0.3, -0.25) is 0 Å². The fourth-order valence-corrected chi connectivity index (χ4v) is 3.59. The zero-order valence-corrected chi connectivity index (χ0v) is 13.5. The minimum absolute atomic E-state index is 0.0632. The van der Waals surface area contributed by atoms with Crippen LogP contribution in [0.5, 0.6) is 0 Å². The SMILES string of the molecule is CCN(CCCN(C)C)S(=O)(=O)c1ccc(C#N)cc1N. The lowest BCUT2D eigenvalue weighted by Crippen LogP contribution is -2.33. The van der Waals surface area contributed by atoms with E-state index in [-0.39, 0.29) is 10.6 Å². The Bertz CT molecular complexity index is 620. The van der Waals surface area contributed by atoms with Crippen LogP contribution >= 0.6 is 0 Å². The van der Waals surface area contributed by atoms with E-state index in [2.05, 4.69) is 0 Å². The second-order valence-corrected chi connectivity index (χ2v) is 6.92. The molecule has 21 heavy (non-hydrogen) atoms. The Morgan fingerprint density at radius 3 is 2.43 bits per heavy atom. The van der Waals surface area contributed by atoms with Crippen molar-refractivity contribution in [3.05, 3.63) is 23.8 Å².